The summed E-state index contributed by atoms with van der Waals surface area (Å²) in [6.45, 7) is 2.64. The Labute approximate surface area is 117 Å². The van der Waals surface area contributed by atoms with Crippen LogP contribution in [0.4, 0.5) is 11.5 Å². The standard InChI is InChI=1S/C12H19N5O3/c1-15-5-6-16(9(7-13)8-15)12-10(17(18)19)3-4-11(14-12)20-2/h3-4,9H,5-8,13H2,1-2H3. The van der Waals surface area contributed by atoms with Gasteiger partial charge in [-0.25, -0.2) is 0 Å². The van der Waals surface area contributed by atoms with Crippen molar-refractivity contribution >= 4 is 11.5 Å². The molecule has 1 unspecified atom stereocenters. The van der Waals surface area contributed by atoms with E-state index in [9.17, 15) is 10.1 Å². The number of likely N-dealkylation sites (N-methyl/N-ethyl adjacent to an activating group) is 1. The first-order valence-electron chi connectivity index (χ1n) is 6.41. The Balaban J connectivity index is 2.40. The molecule has 2 heterocycles. The average Bonchev–Trinajstić information content (AvgIpc) is 2.46. The van der Waals surface area contributed by atoms with E-state index in [1.165, 1.54) is 19.2 Å². The van der Waals surface area contributed by atoms with Crippen molar-refractivity contribution in [3.8, 4) is 5.88 Å². The molecule has 20 heavy (non-hydrogen) atoms. The van der Waals surface area contributed by atoms with E-state index < -0.39 is 4.92 Å². The molecule has 8 nitrogen and oxygen atoms in total. The summed E-state index contributed by atoms with van der Waals surface area (Å²) >= 11 is 0. The van der Waals surface area contributed by atoms with Gasteiger partial charge in [0.1, 0.15) is 0 Å². The maximum atomic E-state index is 11.2. The fraction of sp³-hybridized carbons (Fsp3) is 0.583. The van der Waals surface area contributed by atoms with Crippen LogP contribution in [0.1, 0.15) is 0 Å². The van der Waals surface area contributed by atoms with Gasteiger partial charge >= 0.3 is 5.69 Å². The Morgan fingerprint density at radius 2 is 2.30 bits per heavy atom. The predicted octanol–water partition coefficient (Wildman–Crippen LogP) is 0.0775. The summed E-state index contributed by atoms with van der Waals surface area (Å²) in [7, 11) is 3.50. The molecule has 8 heteroatoms. The lowest BCUT2D eigenvalue weighted by atomic mass is 10.1. The molecule has 0 aliphatic carbocycles. The Morgan fingerprint density at radius 1 is 1.55 bits per heavy atom. The van der Waals surface area contributed by atoms with Crippen molar-refractivity contribution in [2.24, 2.45) is 5.73 Å². The molecule has 0 saturated carbocycles. The van der Waals surface area contributed by atoms with Crippen LogP contribution in [0.15, 0.2) is 12.1 Å². The summed E-state index contributed by atoms with van der Waals surface area (Å²) in [6.07, 6.45) is 0. The van der Waals surface area contributed by atoms with Crippen molar-refractivity contribution in [3.05, 3.63) is 22.2 Å². The summed E-state index contributed by atoms with van der Waals surface area (Å²) < 4.78 is 5.07. The van der Waals surface area contributed by atoms with Gasteiger partial charge in [0.25, 0.3) is 0 Å². The summed E-state index contributed by atoms with van der Waals surface area (Å²) in [4.78, 5) is 19.1. The molecule has 0 bridgehead atoms. The molecule has 1 saturated heterocycles. The lowest BCUT2D eigenvalue weighted by Crippen LogP contribution is -2.55. The third-order valence-corrected chi connectivity index (χ3v) is 3.46. The first-order chi connectivity index (χ1) is 9.56. The normalized spacial score (nSPS) is 19.9. The highest BCUT2D eigenvalue weighted by atomic mass is 16.6. The van der Waals surface area contributed by atoms with Crippen LogP contribution in [0.5, 0.6) is 5.88 Å². The van der Waals surface area contributed by atoms with Gasteiger partial charge in [-0.2, -0.15) is 4.98 Å². The molecule has 2 N–H and O–H groups in total. The number of methoxy groups -OCH3 is 1. The highest BCUT2D eigenvalue weighted by Crippen LogP contribution is 2.30. The highest BCUT2D eigenvalue weighted by Gasteiger charge is 2.30. The van der Waals surface area contributed by atoms with E-state index in [2.05, 4.69) is 9.88 Å². The van der Waals surface area contributed by atoms with Gasteiger partial charge in [0, 0.05) is 38.3 Å². The first-order valence-corrected chi connectivity index (χ1v) is 6.41. The topological polar surface area (TPSA) is 97.8 Å². The van der Waals surface area contributed by atoms with Gasteiger partial charge in [-0.1, -0.05) is 0 Å². The van der Waals surface area contributed by atoms with E-state index in [4.69, 9.17) is 10.5 Å². The molecule has 1 atom stereocenters. The molecule has 0 amide bonds. The van der Waals surface area contributed by atoms with Crippen LogP contribution in [0.2, 0.25) is 0 Å². The van der Waals surface area contributed by atoms with Gasteiger partial charge in [0.2, 0.25) is 11.7 Å². The Hall–Kier alpha value is -1.93. The Morgan fingerprint density at radius 3 is 2.90 bits per heavy atom. The van der Waals surface area contributed by atoms with Crippen LogP contribution >= 0.6 is 0 Å². The molecule has 1 aromatic rings. The van der Waals surface area contributed by atoms with E-state index >= 15 is 0 Å². The second-order valence-corrected chi connectivity index (χ2v) is 4.80. The quantitative estimate of drug-likeness (QED) is 0.616. The monoisotopic (exact) mass is 281 g/mol. The predicted molar refractivity (Wildman–Crippen MR) is 75.1 cm³/mol. The number of piperazine rings is 1. The molecule has 0 aromatic carbocycles. The number of hydrogen-bond acceptors (Lipinski definition) is 7. The number of anilines is 1. The van der Waals surface area contributed by atoms with E-state index in [0.717, 1.165) is 13.1 Å². The van der Waals surface area contributed by atoms with Crippen LogP contribution in [-0.2, 0) is 0 Å². The molecule has 0 spiro atoms. The molecule has 1 fully saturated rings. The van der Waals surface area contributed by atoms with Gasteiger partial charge in [0.05, 0.1) is 18.1 Å². The lowest BCUT2D eigenvalue weighted by Gasteiger charge is -2.39. The zero-order valence-electron chi connectivity index (χ0n) is 11.7. The SMILES string of the molecule is COc1ccc([N+](=O)[O-])c(N2CCN(C)CC2CN)n1. The fourth-order valence-corrected chi connectivity index (χ4v) is 2.38. The Kier molecular flexibility index (Phi) is 4.35. The molecule has 2 rings (SSSR count). The summed E-state index contributed by atoms with van der Waals surface area (Å²) in [5.41, 5.74) is 5.77. The first kappa shape index (κ1) is 14.5. The van der Waals surface area contributed by atoms with E-state index in [1.807, 2.05) is 11.9 Å². The minimum absolute atomic E-state index is 0.00653. The average molecular weight is 281 g/mol. The van der Waals surface area contributed by atoms with Gasteiger partial charge in [-0.15, -0.1) is 0 Å². The van der Waals surface area contributed by atoms with Crippen LogP contribution in [0.3, 0.4) is 0 Å². The number of rotatable bonds is 4. The van der Waals surface area contributed by atoms with E-state index in [0.29, 0.717) is 24.8 Å². The number of ether oxygens (including phenoxy) is 1. The molecule has 1 aliphatic rings. The minimum Gasteiger partial charge on any atom is -0.481 e. The van der Waals surface area contributed by atoms with Crippen LogP contribution in [0.25, 0.3) is 0 Å². The molecule has 1 aliphatic heterocycles. The van der Waals surface area contributed by atoms with Gasteiger partial charge < -0.3 is 20.3 Å². The largest absolute Gasteiger partial charge is 0.481 e. The second-order valence-electron chi connectivity index (χ2n) is 4.80. The van der Waals surface area contributed by atoms with E-state index in [-0.39, 0.29) is 11.7 Å². The van der Waals surface area contributed by atoms with Gasteiger partial charge in [-0.3, -0.25) is 10.1 Å². The number of hydrogen-bond donors (Lipinski definition) is 1. The third-order valence-electron chi connectivity index (χ3n) is 3.46. The summed E-state index contributed by atoms with van der Waals surface area (Å²) in [5.74, 6) is 0.693. The maximum Gasteiger partial charge on any atom is 0.311 e. The third kappa shape index (κ3) is 2.81. The summed E-state index contributed by atoms with van der Waals surface area (Å²) in [6, 6.07) is 2.93. The van der Waals surface area contributed by atoms with Crippen molar-refractivity contribution in [1.82, 2.24) is 9.88 Å². The van der Waals surface area contributed by atoms with Gasteiger partial charge in [-0.05, 0) is 7.05 Å². The number of nitro groups is 1. The van der Waals surface area contributed by atoms with Crippen LogP contribution in [0, 0.1) is 10.1 Å². The van der Waals surface area contributed by atoms with Crippen molar-refractivity contribution in [1.29, 1.82) is 0 Å². The lowest BCUT2D eigenvalue weighted by molar-refractivity contribution is -0.384. The maximum absolute atomic E-state index is 11.2. The van der Waals surface area contributed by atoms with Gasteiger partial charge in [0.15, 0.2) is 0 Å². The molecule has 0 radical (unpaired) electrons. The number of aromatic nitrogens is 1. The van der Waals surface area contributed by atoms with Crippen molar-refractivity contribution in [3.63, 3.8) is 0 Å². The zero-order valence-corrected chi connectivity index (χ0v) is 11.7. The smallest absolute Gasteiger partial charge is 0.311 e. The van der Waals surface area contributed by atoms with Crippen LogP contribution < -0.4 is 15.4 Å². The van der Waals surface area contributed by atoms with Crippen molar-refractivity contribution < 1.29 is 9.66 Å². The minimum atomic E-state index is -0.423. The zero-order chi connectivity index (χ0) is 14.7. The fourth-order valence-electron chi connectivity index (χ4n) is 2.38. The molecular weight excluding hydrogens is 262 g/mol. The van der Waals surface area contributed by atoms with Crippen LogP contribution in [-0.4, -0.2) is 61.2 Å². The van der Waals surface area contributed by atoms with Crippen molar-refractivity contribution in [2.45, 2.75) is 6.04 Å². The number of nitrogens with two attached hydrogens (primary N) is 1. The number of nitrogens with zero attached hydrogens (tertiary/aromatic N) is 4. The molecular formula is C12H19N5O3. The van der Waals surface area contributed by atoms with Crippen molar-refractivity contribution in [2.75, 3.05) is 45.2 Å². The molecule has 110 valence electrons. The number of pyridine rings is 1. The highest BCUT2D eigenvalue weighted by molar-refractivity contribution is 5.60. The summed E-state index contributed by atoms with van der Waals surface area (Å²) in [5, 5.41) is 11.2. The second kappa shape index (κ2) is 6.02. The molecule has 1 aromatic heterocycles. The van der Waals surface area contributed by atoms with E-state index in [1.54, 1.807) is 0 Å². The Bertz CT molecular complexity index is 496.